The molecule has 2 aromatic carbocycles. The fourth-order valence-electron chi connectivity index (χ4n) is 8.84. The van der Waals surface area contributed by atoms with Crippen molar-refractivity contribution in [1.82, 2.24) is 46.0 Å². The number of imide groups is 1. The zero-order chi connectivity index (χ0) is 61.0. The van der Waals surface area contributed by atoms with Crippen LogP contribution in [0.2, 0.25) is 0 Å². The molecule has 1 aliphatic rings. The summed E-state index contributed by atoms with van der Waals surface area (Å²) < 4.78 is 25.1. The number of alkyl carbamates (subject to hydrolysis) is 2. The van der Waals surface area contributed by atoms with Crippen molar-refractivity contribution in [1.29, 1.82) is 0 Å². The van der Waals surface area contributed by atoms with Crippen molar-refractivity contribution in [2.75, 3.05) is 43.5 Å². The second-order valence-corrected chi connectivity index (χ2v) is 22.3. The van der Waals surface area contributed by atoms with E-state index in [4.69, 9.17) is 34.6 Å². The molecule has 25 heteroatoms. The number of fused-ring (bicyclic) bond motifs is 3. The van der Waals surface area contributed by atoms with Gasteiger partial charge in [0.15, 0.2) is 5.82 Å². The number of aromatic nitrogens is 3. The van der Waals surface area contributed by atoms with Crippen LogP contribution in [-0.2, 0) is 67.5 Å². The molecule has 0 bridgehead atoms. The van der Waals surface area contributed by atoms with Crippen molar-refractivity contribution in [3.8, 4) is 0 Å². The molecule has 452 valence electrons. The zero-order valence-electron chi connectivity index (χ0n) is 49.2. The maximum Gasteiger partial charge on any atom is 0.408 e. The van der Waals surface area contributed by atoms with E-state index in [0.29, 0.717) is 59.5 Å². The molecular weight excluding hydrogens is 1070 g/mol. The number of rotatable bonds is 31. The van der Waals surface area contributed by atoms with E-state index in [1.54, 1.807) is 58.9 Å². The number of nitrogens with two attached hydrogens (primary N) is 1. The number of hydrogen-bond donors (Lipinski definition) is 8. The maximum absolute atomic E-state index is 13.9. The van der Waals surface area contributed by atoms with E-state index in [2.05, 4.69) is 37.2 Å². The first-order chi connectivity index (χ1) is 39.2. The molecule has 0 radical (unpaired) electrons. The summed E-state index contributed by atoms with van der Waals surface area (Å²) in [5.41, 5.74) is 6.30. The van der Waals surface area contributed by atoms with Gasteiger partial charge in [0, 0.05) is 55.9 Å². The van der Waals surface area contributed by atoms with Gasteiger partial charge in [-0.15, -0.1) is 0 Å². The van der Waals surface area contributed by atoms with Crippen molar-refractivity contribution in [2.24, 2.45) is 17.6 Å². The van der Waals surface area contributed by atoms with Gasteiger partial charge in [-0.25, -0.2) is 24.4 Å². The minimum atomic E-state index is -1.07. The number of imidazole rings is 1. The van der Waals surface area contributed by atoms with Crippen LogP contribution in [0.15, 0.2) is 60.7 Å². The van der Waals surface area contributed by atoms with Crippen LogP contribution in [0, 0.1) is 11.8 Å². The molecule has 3 atom stereocenters. The Kier molecular flexibility index (Phi) is 24.3. The number of anilines is 2. The lowest BCUT2D eigenvalue weighted by molar-refractivity contribution is -0.137. The Labute approximate surface area is 483 Å². The van der Waals surface area contributed by atoms with Crippen molar-refractivity contribution >= 4 is 87.1 Å². The number of unbranched alkanes of at least 4 members (excludes halogenated alkanes) is 2. The van der Waals surface area contributed by atoms with Gasteiger partial charge in [-0.1, -0.05) is 64.4 Å². The number of para-hydroxylation sites is 1. The summed E-state index contributed by atoms with van der Waals surface area (Å²) in [5.74, 6) is -2.62. The third-order valence-electron chi connectivity index (χ3n) is 13.0. The molecular formula is C58H82N12O13. The maximum atomic E-state index is 13.9. The minimum absolute atomic E-state index is 0.0987. The number of benzene rings is 2. The molecule has 0 aliphatic carbocycles. The monoisotopic (exact) mass is 1150 g/mol. The highest BCUT2D eigenvalue weighted by atomic mass is 16.6. The molecule has 10 amide bonds. The predicted molar refractivity (Wildman–Crippen MR) is 310 cm³/mol. The van der Waals surface area contributed by atoms with Crippen molar-refractivity contribution in [2.45, 2.75) is 157 Å². The molecule has 3 heterocycles. The van der Waals surface area contributed by atoms with Gasteiger partial charge < -0.3 is 66.5 Å². The van der Waals surface area contributed by atoms with E-state index in [9.17, 15) is 43.2 Å². The Morgan fingerprint density at radius 2 is 1.39 bits per heavy atom. The Morgan fingerprint density at radius 3 is 2.04 bits per heavy atom. The lowest BCUT2D eigenvalue weighted by Gasteiger charge is -2.27. The molecule has 0 saturated carbocycles. The van der Waals surface area contributed by atoms with Crippen molar-refractivity contribution in [3.63, 3.8) is 0 Å². The third kappa shape index (κ3) is 20.6. The topological polar surface area (TPSA) is 335 Å². The fourth-order valence-corrected chi connectivity index (χ4v) is 8.84. The number of pyridine rings is 1. The highest BCUT2D eigenvalue weighted by Crippen LogP contribution is 2.32. The van der Waals surface area contributed by atoms with Gasteiger partial charge in [-0.3, -0.25) is 33.7 Å². The van der Waals surface area contributed by atoms with Gasteiger partial charge in [0.1, 0.15) is 48.3 Å². The number of carbonyl (C=O) groups excluding carboxylic acids is 9. The summed E-state index contributed by atoms with van der Waals surface area (Å²) in [6, 6.07) is 10.3. The molecule has 0 fully saturated rings. The van der Waals surface area contributed by atoms with E-state index in [1.165, 1.54) is 12.2 Å². The summed E-state index contributed by atoms with van der Waals surface area (Å²) in [7, 11) is 0. The van der Waals surface area contributed by atoms with Gasteiger partial charge in [0.25, 0.3) is 11.8 Å². The van der Waals surface area contributed by atoms with Gasteiger partial charge in [-0.2, -0.15) is 0 Å². The van der Waals surface area contributed by atoms with Crippen LogP contribution >= 0.6 is 0 Å². The standard InChI is InChI=1S/C58H82N12O13/c1-11-80-33-42-65-48-49(39-18-14-15-19-40(39)63-50(48)68-53(76)47(36(4)5)67-56(79)83-57(6,7)8)70(42)34-58(9,10)82-31-29-61-55(78)81-32-37-22-24-38(25-23-37)62-51(74)41(20-17-28-60-54(59)77)64-52(75)46(35(2)3)66-43(71)21-13-12-16-30-69-44(72)26-27-45(69)73/h14-15,18-19,22-27,35-36,41,46-47H,11-13,16-17,20-21,28-34H2,1-10H3,(H,61,78)(H,62,74)(H,64,75)(H,66,71)(H,67,79)(H3,59,60,77)(H,63,68,76)/t41-,46-,47-/m0/s1. The number of amides is 10. The van der Waals surface area contributed by atoms with Crippen molar-refractivity contribution in [3.05, 3.63) is 72.1 Å². The van der Waals surface area contributed by atoms with E-state index in [-0.39, 0.29) is 101 Å². The smallest absolute Gasteiger partial charge is 0.408 e. The summed E-state index contributed by atoms with van der Waals surface area (Å²) in [6.07, 6.45) is 3.08. The summed E-state index contributed by atoms with van der Waals surface area (Å²) in [5, 5.41) is 19.9. The highest BCUT2D eigenvalue weighted by Gasteiger charge is 2.32. The number of primary amides is 1. The number of carbonyl (C=O) groups is 9. The van der Waals surface area contributed by atoms with Gasteiger partial charge in [0.2, 0.25) is 23.6 Å². The first-order valence-corrected chi connectivity index (χ1v) is 28.0. The van der Waals surface area contributed by atoms with Crippen LogP contribution in [0.4, 0.5) is 25.9 Å². The quantitative estimate of drug-likeness (QED) is 0.0217. The number of ether oxygens (including phenoxy) is 4. The second kappa shape index (κ2) is 30.7. The van der Waals surface area contributed by atoms with E-state index >= 15 is 0 Å². The van der Waals surface area contributed by atoms with E-state index < -0.39 is 65.3 Å². The molecule has 1 aliphatic heterocycles. The van der Waals surface area contributed by atoms with Crippen molar-refractivity contribution < 1.29 is 62.1 Å². The Balaban J connectivity index is 1.14. The molecule has 2 aromatic heterocycles. The van der Waals surface area contributed by atoms with Crippen LogP contribution in [-0.4, -0.2) is 135 Å². The number of hydrogen-bond acceptors (Lipinski definition) is 15. The molecule has 0 unspecified atom stereocenters. The third-order valence-corrected chi connectivity index (χ3v) is 13.0. The average molecular weight is 1160 g/mol. The number of urea groups is 1. The van der Waals surface area contributed by atoms with Gasteiger partial charge in [0.05, 0.1) is 29.8 Å². The van der Waals surface area contributed by atoms with Crippen LogP contribution < -0.4 is 43.0 Å². The average Bonchev–Trinajstić information content (AvgIpc) is 3.79. The molecule has 4 aromatic rings. The van der Waals surface area contributed by atoms with Crippen LogP contribution in [0.3, 0.4) is 0 Å². The van der Waals surface area contributed by atoms with Gasteiger partial charge >= 0.3 is 18.2 Å². The minimum Gasteiger partial charge on any atom is -0.445 e. The zero-order valence-corrected chi connectivity index (χ0v) is 49.2. The lowest BCUT2D eigenvalue weighted by Crippen LogP contribution is -2.54. The molecule has 0 spiro atoms. The summed E-state index contributed by atoms with van der Waals surface area (Å²) in [6.45, 7) is 19.4. The van der Waals surface area contributed by atoms with Crippen LogP contribution in [0.5, 0.6) is 0 Å². The first-order valence-electron chi connectivity index (χ1n) is 28.0. The van der Waals surface area contributed by atoms with Crippen LogP contribution in [0.25, 0.3) is 21.9 Å². The molecule has 5 rings (SSSR count). The lowest BCUT2D eigenvalue weighted by atomic mass is 10.0. The summed E-state index contributed by atoms with van der Waals surface area (Å²) in [4.78, 5) is 126. The Bertz CT molecular complexity index is 2950. The first kappa shape index (κ1) is 65.6. The normalized spacial score (nSPS) is 13.7. The van der Waals surface area contributed by atoms with Crippen LogP contribution in [0.1, 0.15) is 119 Å². The van der Waals surface area contributed by atoms with Gasteiger partial charge in [-0.05, 0) is 103 Å². The molecule has 9 N–H and O–H groups in total. The number of nitrogens with one attached hydrogen (secondary N) is 7. The molecule has 83 heavy (non-hydrogen) atoms. The highest BCUT2D eigenvalue weighted by molar-refractivity contribution is 6.13. The second-order valence-electron chi connectivity index (χ2n) is 22.3. The Morgan fingerprint density at radius 1 is 0.711 bits per heavy atom. The summed E-state index contributed by atoms with van der Waals surface area (Å²) >= 11 is 0. The molecule has 25 nitrogen and oxygen atoms in total. The van der Waals surface area contributed by atoms with E-state index in [0.717, 1.165) is 10.3 Å². The SMILES string of the molecule is CCOCc1nc2c(NC(=O)[C@@H](NC(=O)OC(C)(C)C)C(C)C)nc3ccccc3c2n1CC(C)(C)OCCNC(=O)OCc1ccc(NC(=O)[C@H](CCCNC(N)=O)NC(=O)[C@@H](NC(=O)CCCCCN2C(=O)C=CC2=O)C(C)C)cc1. The predicted octanol–water partition coefficient (Wildman–Crippen LogP) is 5.83. The Hall–Kier alpha value is -8.19. The number of nitrogens with zero attached hydrogens (tertiary/aromatic N) is 4. The molecule has 0 saturated heterocycles. The fraction of sp³-hybridized carbons (Fsp3) is 0.534. The largest absolute Gasteiger partial charge is 0.445 e. The van der Waals surface area contributed by atoms with E-state index in [1.807, 2.05) is 63.5 Å².